The zero-order valence-electron chi connectivity index (χ0n) is 12.1. The quantitative estimate of drug-likeness (QED) is 0.908. The highest BCUT2D eigenvalue weighted by Crippen LogP contribution is 2.28. The van der Waals surface area contributed by atoms with Crippen LogP contribution in [0.5, 0.6) is 0 Å². The second-order valence-corrected chi connectivity index (χ2v) is 6.14. The van der Waals surface area contributed by atoms with Gasteiger partial charge in [0.25, 0.3) is 0 Å². The van der Waals surface area contributed by atoms with E-state index in [9.17, 15) is 4.39 Å². The van der Waals surface area contributed by atoms with Crippen molar-refractivity contribution in [2.45, 2.75) is 39.3 Å². The average molecular weight is 264 g/mol. The van der Waals surface area contributed by atoms with Gasteiger partial charge >= 0.3 is 0 Å². The first kappa shape index (κ1) is 14.5. The molecule has 1 aromatic rings. The van der Waals surface area contributed by atoms with Crippen molar-refractivity contribution in [2.75, 3.05) is 13.1 Å². The van der Waals surface area contributed by atoms with Crippen molar-refractivity contribution in [1.29, 1.82) is 0 Å². The van der Waals surface area contributed by atoms with Gasteiger partial charge in [0.15, 0.2) is 0 Å². The van der Waals surface area contributed by atoms with E-state index in [1.807, 2.05) is 6.07 Å². The van der Waals surface area contributed by atoms with Gasteiger partial charge in [0, 0.05) is 30.7 Å². The summed E-state index contributed by atoms with van der Waals surface area (Å²) in [6.07, 6.45) is 1.27. The number of nitrogens with two attached hydrogens (primary N) is 1. The summed E-state index contributed by atoms with van der Waals surface area (Å²) in [5.74, 6) is 1.18. The number of halogens is 1. The lowest BCUT2D eigenvalue weighted by Crippen LogP contribution is -2.48. The van der Waals surface area contributed by atoms with Gasteiger partial charge in [0.1, 0.15) is 5.82 Å². The Hall–Kier alpha value is -0.930. The Labute approximate surface area is 115 Å². The lowest BCUT2D eigenvalue weighted by Gasteiger charge is -2.42. The Balaban J connectivity index is 2.06. The molecule has 2 rings (SSSR count). The van der Waals surface area contributed by atoms with Gasteiger partial charge in [0.05, 0.1) is 0 Å². The van der Waals surface area contributed by atoms with Crippen molar-refractivity contribution in [2.24, 2.45) is 17.6 Å². The number of likely N-dealkylation sites (tertiary alicyclic amines) is 1. The molecule has 1 aliphatic rings. The van der Waals surface area contributed by atoms with E-state index in [-0.39, 0.29) is 11.9 Å². The number of benzene rings is 1. The summed E-state index contributed by atoms with van der Waals surface area (Å²) >= 11 is 0. The molecule has 3 heteroatoms. The molecule has 2 N–H and O–H groups in total. The molecule has 2 nitrogen and oxygen atoms in total. The lowest BCUT2D eigenvalue weighted by atomic mass is 9.85. The van der Waals surface area contributed by atoms with Crippen LogP contribution in [-0.4, -0.2) is 24.0 Å². The van der Waals surface area contributed by atoms with Crippen molar-refractivity contribution in [3.63, 3.8) is 0 Å². The Bertz CT molecular complexity index is 421. The van der Waals surface area contributed by atoms with Crippen LogP contribution in [-0.2, 0) is 0 Å². The van der Waals surface area contributed by atoms with Crippen LogP contribution in [0.25, 0.3) is 0 Å². The summed E-state index contributed by atoms with van der Waals surface area (Å²) in [4.78, 5) is 2.41. The first-order valence-corrected chi connectivity index (χ1v) is 7.23. The topological polar surface area (TPSA) is 29.3 Å². The van der Waals surface area contributed by atoms with Crippen molar-refractivity contribution in [3.05, 3.63) is 35.6 Å². The van der Waals surface area contributed by atoms with E-state index < -0.39 is 0 Å². The van der Waals surface area contributed by atoms with Gasteiger partial charge in [0.2, 0.25) is 0 Å². The molecule has 0 bridgehead atoms. The fraction of sp³-hybridized carbons (Fsp3) is 0.625. The summed E-state index contributed by atoms with van der Waals surface area (Å²) in [5.41, 5.74) is 6.82. The van der Waals surface area contributed by atoms with Crippen LogP contribution in [0.3, 0.4) is 0 Å². The molecule has 106 valence electrons. The maximum absolute atomic E-state index is 13.7. The van der Waals surface area contributed by atoms with E-state index in [4.69, 9.17) is 5.73 Å². The van der Waals surface area contributed by atoms with E-state index in [0.29, 0.717) is 23.4 Å². The predicted octanol–water partition coefficient (Wildman–Crippen LogP) is 3.19. The zero-order chi connectivity index (χ0) is 14.0. The molecular weight excluding hydrogens is 239 g/mol. The van der Waals surface area contributed by atoms with Gasteiger partial charge in [-0.3, -0.25) is 4.90 Å². The van der Waals surface area contributed by atoms with Crippen molar-refractivity contribution >= 4 is 0 Å². The van der Waals surface area contributed by atoms with Gasteiger partial charge in [-0.25, -0.2) is 4.39 Å². The Morgan fingerprint density at radius 2 is 2.00 bits per heavy atom. The maximum atomic E-state index is 13.7. The highest BCUT2D eigenvalue weighted by atomic mass is 19.1. The molecule has 1 heterocycles. The van der Waals surface area contributed by atoms with Crippen molar-refractivity contribution in [1.82, 2.24) is 4.90 Å². The molecule has 4 atom stereocenters. The van der Waals surface area contributed by atoms with Crippen molar-refractivity contribution < 1.29 is 4.39 Å². The molecular formula is C16H25FN2. The monoisotopic (exact) mass is 264 g/mol. The van der Waals surface area contributed by atoms with Crippen LogP contribution in [0.4, 0.5) is 4.39 Å². The number of piperidine rings is 1. The second kappa shape index (κ2) is 6.02. The molecule has 0 radical (unpaired) electrons. The molecule has 4 unspecified atom stereocenters. The van der Waals surface area contributed by atoms with Gasteiger partial charge in [-0.2, -0.15) is 0 Å². The average Bonchev–Trinajstić information content (AvgIpc) is 2.35. The molecule has 1 aliphatic heterocycles. The third-order valence-electron chi connectivity index (χ3n) is 4.46. The van der Waals surface area contributed by atoms with E-state index in [2.05, 4.69) is 25.7 Å². The van der Waals surface area contributed by atoms with Crippen LogP contribution < -0.4 is 5.73 Å². The molecule has 19 heavy (non-hydrogen) atoms. The maximum Gasteiger partial charge on any atom is 0.128 e. The number of hydrogen-bond acceptors (Lipinski definition) is 2. The number of nitrogens with zero attached hydrogens (tertiary/aromatic N) is 1. The molecule has 0 amide bonds. The summed E-state index contributed by atoms with van der Waals surface area (Å²) < 4.78 is 13.7. The molecule has 1 aromatic carbocycles. The minimum absolute atomic E-state index is 0.194. The van der Waals surface area contributed by atoms with Gasteiger partial charge in [-0.05, 0) is 31.2 Å². The SMILES string of the molecule is CC1CC(C)C(C)N(CC(N)c2ccccc2F)C1. The Morgan fingerprint density at radius 3 is 2.68 bits per heavy atom. The minimum Gasteiger partial charge on any atom is -0.323 e. The molecule has 0 spiro atoms. The Morgan fingerprint density at radius 1 is 1.32 bits per heavy atom. The standard InChI is InChI=1S/C16H25FN2/c1-11-8-12(2)13(3)19(9-11)10-16(18)14-6-4-5-7-15(14)17/h4-7,11-13,16H,8-10,18H2,1-3H3. The fourth-order valence-corrected chi connectivity index (χ4v) is 3.20. The van der Waals surface area contributed by atoms with Gasteiger partial charge in [-0.15, -0.1) is 0 Å². The molecule has 0 saturated carbocycles. The van der Waals surface area contributed by atoms with E-state index in [0.717, 1.165) is 13.1 Å². The first-order valence-electron chi connectivity index (χ1n) is 7.23. The molecule has 1 fully saturated rings. The van der Waals surface area contributed by atoms with Crippen LogP contribution in [0.15, 0.2) is 24.3 Å². The van der Waals surface area contributed by atoms with Crippen LogP contribution >= 0.6 is 0 Å². The highest BCUT2D eigenvalue weighted by molar-refractivity contribution is 5.21. The normalized spacial score (nSPS) is 30.3. The molecule has 0 aliphatic carbocycles. The summed E-state index contributed by atoms with van der Waals surface area (Å²) in [7, 11) is 0. The first-order chi connectivity index (χ1) is 8.99. The van der Waals surface area contributed by atoms with Crippen LogP contribution in [0, 0.1) is 17.7 Å². The van der Waals surface area contributed by atoms with E-state index >= 15 is 0 Å². The van der Waals surface area contributed by atoms with Crippen LogP contribution in [0.2, 0.25) is 0 Å². The van der Waals surface area contributed by atoms with Gasteiger partial charge in [-0.1, -0.05) is 32.0 Å². The fourth-order valence-electron chi connectivity index (χ4n) is 3.20. The number of hydrogen-bond donors (Lipinski definition) is 1. The third kappa shape index (κ3) is 3.34. The highest BCUT2D eigenvalue weighted by Gasteiger charge is 2.30. The molecule has 1 saturated heterocycles. The van der Waals surface area contributed by atoms with E-state index in [1.54, 1.807) is 12.1 Å². The summed E-state index contributed by atoms with van der Waals surface area (Å²) in [6.45, 7) is 8.63. The lowest BCUT2D eigenvalue weighted by molar-refractivity contribution is 0.0739. The Kier molecular flexibility index (Phi) is 4.58. The zero-order valence-corrected chi connectivity index (χ0v) is 12.1. The minimum atomic E-state index is -0.249. The largest absolute Gasteiger partial charge is 0.323 e. The predicted molar refractivity (Wildman–Crippen MR) is 77.3 cm³/mol. The smallest absolute Gasteiger partial charge is 0.128 e. The third-order valence-corrected chi connectivity index (χ3v) is 4.46. The summed E-state index contributed by atoms with van der Waals surface area (Å²) in [5, 5.41) is 0. The van der Waals surface area contributed by atoms with Crippen molar-refractivity contribution in [3.8, 4) is 0 Å². The number of rotatable bonds is 3. The van der Waals surface area contributed by atoms with Gasteiger partial charge < -0.3 is 5.73 Å². The van der Waals surface area contributed by atoms with E-state index in [1.165, 1.54) is 12.5 Å². The van der Waals surface area contributed by atoms with Crippen LogP contribution in [0.1, 0.15) is 38.8 Å². The summed E-state index contributed by atoms with van der Waals surface area (Å²) in [6, 6.07) is 7.11. The molecule has 0 aromatic heterocycles. The second-order valence-electron chi connectivity index (χ2n) is 6.14.